The lowest BCUT2D eigenvalue weighted by Crippen LogP contribution is -2.37. The van der Waals surface area contributed by atoms with E-state index in [4.69, 9.17) is 9.84 Å². The Balaban J connectivity index is 1.74. The third-order valence-corrected chi connectivity index (χ3v) is 3.49. The van der Waals surface area contributed by atoms with Crippen LogP contribution in [0.5, 0.6) is 5.75 Å². The highest BCUT2D eigenvalue weighted by molar-refractivity contribution is 5.17. The molecule has 1 aliphatic rings. The Kier molecular flexibility index (Phi) is 5.41. The maximum absolute atomic E-state index is 12.1. The van der Waals surface area contributed by atoms with Gasteiger partial charge in [-0.2, -0.15) is 13.2 Å². The molecular formula is C14H19F3N2O2. The number of aromatic nitrogens is 1. The van der Waals surface area contributed by atoms with Crippen LogP contribution in [0.15, 0.2) is 18.3 Å². The zero-order valence-electron chi connectivity index (χ0n) is 11.6. The van der Waals surface area contributed by atoms with Gasteiger partial charge in [0, 0.05) is 12.6 Å². The van der Waals surface area contributed by atoms with Gasteiger partial charge >= 0.3 is 6.18 Å². The summed E-state index contributed by atoms with van der Waals surface area (Å²) >= 11 is 0. The number of nitrogens with zero attached hydrogens (tertiary/aromatic N) is 1. The van der Waals surface area contributed by atoms with E-state index in [-0.39, 0.29) is 17.9 Å². The van der Waals surface area contributed by atoms with E-state index in [1.165, 1.54) is 6.20 Å². The van der Waals surface area contributed by atoms with E-state index < -0.39 is 12.8 Å². The number of nitrogens with one attached hydrogen (secondary N) is 1. The molecule has 1 heterocycles. The van der Waals surface area contributed by atoms with Crippen molar-refractivity contribution in [3.05, 3.63) is 24.0 Å². The molecule has 4 nitrogen and oxygen atoms in total. The number of halogens is 3. The molecule has 2 rings (SSSR count). The first-order chi connectivity index (χ1) is 9.92. The fraction of sp³-hybridized carbons (Fsp3) is 0.643. The van der Waals surface area contributed by atoms with Crippen molar-refractivity contribution in [1.82, 2.24) is 10.3 Å². The van der Waals surface area contributed by atoms with Gasteiger partial charge in [-0.25, -0.2) is 0 Å². The maximum atomic E-state index is 12.1. The molecule has 2 N–H and O–H groups in total. The molecule has 0 aromatic carbocycles. The standard InChI is InChI=1S/C14H19F3N2O2/c15-14(16,17)9-21-13-3-1-2-10(6-13)18-7-11-4-5-12(20)8-19-11/h4-5,8,10,13,18,20H,1-3,6-7,9H2. The summed E-state index contributed by atoms with van der Waals surface area (Å²) in [7, 11) is 0. The molecule has 1 aromatic rings. The average molecular weight is 304 g/mol. The van der Waals surface area contributed by atoms with Crippen LogP contribution >= 0.6 is 0 Å². The molecule has 1 aliphatic carbocycles. The molecule has 118 valence electrons. The summed E-state index contributed by atoms with van der Waals surface area (Å²) in [4.78, 5) is 4.06. The number of rotatable bonds is 5. The topological polar surface area (TPSA) is 54.4 Å². The zero-order valence-corrected chi connectivity index (χ0v) is 11.6. The summed E-state index contributed by atoms with van der Waals surface area (Å²) in [5.74, 6) is 0.108. The highest BCUT2D eigenvalue weighted by atomic mass is 19.4. The van der Waals surface area contributed by atoms with Crippen LogP contribution in [0.1, 0.15) is 31.4 Å². The highest BCUT2D eigenvalue weighted by Gasteiger charge is 2.31. The molecule has 0 amide bonds. The second-order valence-corrected chi connectivity index (χ2v) is 5.30. The minimum absolute atomic E-state index is 0.108. The molecule has 2 unspecified atom stereocenters. The first kappa shape index (κ1) is 16.0. The number of alkyl halides is 3. The summed E-state index contributed by atoms with van der Waals surface area (Å²) in [6.07, 6.45) is -0.220. The van der Waals surface area contributed by atoms with E-state index in [1.807, 2.05) is 0 Å². The van der Waals surface area contributed by atoms with Crippen molar-refractivity contribution >= 4 is 0 Å². The van der Waals surface area contributed by atoms with Gasteiger partial charge in [-0.15, -0.1) is 0 Å². The van der Waals surface area contributed by atoms with Crippen LogP contribution in [0, 0.1) is 0 Å². The molecular weight excluding hydrogens is 285 g/mol. The van der Waals surface area contributed by atoms with E-state index in [0.29, 0.717) is 19.4 Å². The van der Waals surface area contributed by atoms with Crippen molar-refractivity contribution in [1.29, 1.82) is 0 Å². The lowest BCUT2D eigenvalue weighted by molar-refractivity contribution is -0.188. The maximum Gasteiger partial charge on any atom is 0.411 e. The van der Waals surface area contributed by atoms with Gasteiger partial charge in [-0.05, 0) is 37.8 Å². The Hall–Kier alpha value is -1.34. The molecule has 0 aliphatic heterocycles. The Labute approximate surface area is 121 Å². The number of hydrogen-bond acceptors (Lipinski definition) is 4. The van der Waals surface area contributed by atoms with Gasteiger partial charge in [0.2, 0.25) is 0 Å². The molecule has 0 saturated heterocycles. The Morgan fingerprint density at radius 1 is 1.33 bits per heavy atom. The molecule has 1 aromatic heterocycles. The quantitative estimate of drug-likeness (QED) is 0.878. The fourth-order valence-electron chi connectivity index (χ4n) is 2.46. The average Bonchev–Trinajstić information content (AvgIpc) is 2.44. The smallest absolute Gasteiger partial charge is 0.411 e. The van der Waals surface area contributed by atoms with Crippen molar-refractivity contribution in [2.45, 2.75) is 50.6 Å². The predicted molar refractivity (Wildman–Crippen MR) is 70.8 cm³/mol. The van der Waals surface area contributed by atoms with E-state index in [9.17, 15) is 13.2 Å². The van der Waals surface area contributed by atoms with Crippen LogP contribution in [-0.4, -0.2) is 35.0 Å². The number of aromatic hydroxyl groups is 1. The number of ether oxygens (including phenoxy) is 1. The molecule has 2 atom stereocenters. The first-order valence-corrected chi connectivity index (χ1v) is 6.98. The second-order valence-electron chi connectivity index (χ2n) is 5.30. The largest absolute Gasteiger partial charge is 0.506 e. The highest BCUT2D eigenvalue weighted by Crippen LogP contribution is 2.24. The van der Waals surface area contributed by atoms with E-state index in [2.05, 4.69) is 10.3 Å². The lowest BCUT2D eigenvalue weighted by Gasteiger charge is -2.30. The van der Waals surface area contributed by atoms with Gasteiger partial charge in [-0.3, -0.25) is 4.98 Å². The molecule has 1 fully saturated rings. The van der Waals surface area contributed by atoms with E-state index >= 15 is 0 Å². The Bertz CT molecular complexity index is 437. The summed E-state index contributed by atoms with van der Waals surface area (Å²) in [6.45, 7) is -0.652. The van der Waals surface area contributed by atoms with Gasteiger partial charge in [-0.1, -0.05) is 0 Å². The lowest BCUT2D eigenvalue weighted by atomic mass is 9.93. The summed E-state index contributed by atoms with van der Waals surface area (Å²) in [5, 5.41) is 12.4. The van der Waals surface area contributed by atoms with Gasteiger partial charge in [0.25, 0.3) is 0 Å². The van der Waals surface area contributed by atoms with Crippen LogP contribution in [0.2, 0.25) is 0 Å². The second kappa shape index (κ2) is 7.09. The molecule has 0 spiro atoms. The van der Waals surface area contributed by atoms with E-state index in [1.54, 1.807) is 12.1 Å². The van der Waals surface area contributed by atoms with Crippen LogP contribution in [0.25, 0.3) is 0 Å². The van der Waals surface area contributed by atoms with E-state index in [0.717, 1.165) is 18.5 Å². The first-order valence-electron chi connectivity index (χ1n) is 6.98. The fourth-order valence-corrected chi connectivity index (χ4v) is 2.46. The van der Waals surface area contributed by atoms with Gasteiger partial charge < -0.3 is 15.2 Å². The molecule has 7 heteroatoms. The molecule has 21 heavy (non-hydrogen) atoms. The molecule has 0 bridgehead atoms. The van der Waals surface area contributed by atoms with Crippen molar-refractivity contribution < 1.29 is 23.0 Å². The third-order valence-electron chi connectivity index (χ3n) is 3.49. The summed E-state index contributed by atoms with van der Waals surface area (Å²) in [5.41, 5.74) is 0.783. The Morgan fingerprint density at radius 2 is 2.14 bits per heavy atom. The number of pyridine rings is 1. The summed E-state index contributed by atoms with van der Waals surface area (Å²) < 4.78 is 41.4. The predicted octanol–water partition coefficient (Wildman–Crippen LogP) is 2.77. The Morgan fingerprint density at radius 3 is 2.81 bits per heavy atom. The van der Waals surface area contributed by atoms with Crippen molar-refractivity contribution in [3.63, 3.8) is 0 Å². The molecule has 1 saturated carbocycles. The van der Waals surface area contributed by atoms with Crippen LogP contribution < -0.4 is 5.32 Å². The number of hydrogen-bond donors (Lipinski definition) is 2. The van der Waals surface area contributed by atoms with Crippen molar-refractivity contribution in [2.24, 2.45) is 0 Å². The van der Waals surface area contributed by atoms with Gasteiger partial charge in [0.1, 0.15) is 12.4 Å². The van der Waals surface area contributed by atoms with Crippen LogP contribution in [-0.2, 0) is 11.3 Å². The van der Waals surface area contributed by atoms with Gasteiger partial charge in [0.15, 0.2) is 0 Å². The van der Waals surface area contributed by atoms with Gasteiger partial charge in [0.05, 0.1) is 18.0 Å². The van der Waals surface area contributed by atoms with Crippen molar-refractivity contribution in [3.8, 4) is 5.75 Å². The summed E-state index contributed by atoms with van der Waals surface area (Å²) in [6, 6.07) is 3.40. The normalized spacial score (nSPS) is 23.2. The minimum atomic E-state index is -4.27. The van der Waals surface area contributed by atoms with Crippen LogP contribution in [0.3, 0.4) is 0 Å². The SMILES string of the molecule is Oc1ccc(CNC2CCCC(OCC(F)(F)F)C2)nc1. The minimum Gasteiger partial charge on any atom is -0.506 e. The molecule has 0 radical (unpaired) electrons. The van der Waals surface area contributed by atoms with Crippen molar-refractivity contribution in [2.75, 3.05) is 6.61 Å². The monoisotopic (exact) mass is 304 g/mol. The third kappa shape index (κ3) is 5.89. The zero-order chi connectivity index (χ0) is 15.3. The van der Waals surface area contributed by atoms with Crippen LogP contribution in [0.4, 0.5) is 13.2 Å².